The summed E-state index contributed by atoms with van der Waals surface area (Å²) in [5, 5.41) is 11.6. The molecule has 2 aromatic heterocycles. The van der Waals surface area contributed by atoms with Crippen molar-refractivity contribution in [1.29, 1.82) is 0 Å². The van der Waals surface area contributed by atoms with E-state index in [9.17, 15) is 4.79 Å². The van der Waals surface area contributed by atoms with E-state index in [1.165, 1.54) is 0 Å². The lowest BCUT2D eigenvalue weighted by Crippen LogP contribution is -2.27. The number of H-pyrrole nitrogens is 1. The molecular weight excluding hydrogens is 330 g/mol. The number of methoxy groups -OCH3 is 1. The Bertz CT molecular complexity index is 943. The minimum atomic E-state index is -0.0569. The van der Waals surface area contributed by atoms with Gasteiger partial charge in [0.25, 0.3) is 5.91 Å². The van der Waals surface area contributed by atoms with Crippen LogP contribution in [-0.2, 0) is 19.4 Å². The van der Waals surface area contributed by atoms with Crippen LogP contribution in [0.15, 0.2) is 36.7 Å². The summed E-state index contributed by atoms with van der Waals surface area (Å²) in [7, 11) is 3.43. The van der Waals surface area contributed by atoms with Crippen LogP contribution in [0.1, 0.15) is 33.7 Å². The number of hydrogen-bond donors (Lipinski definition) is 1. The van der Waals surface area contributed by atoms with E-state index in [-0.39, 0.29) is 5.91 Å². The van der Waals surface area contributed by atoms with E-state index in [2.05, 4.69) is 15.3 Å². The highest BCUT2D eigenvalue weighted by atomic mass is 16.5. The Morgan fingerprint density at radius 3 is 3.12 bits per heavy atom. The maximum atomic E-state index is 12.7. The van der Waals surface area contributed by atoms with Gasteiger partial charge in [0, 0.05) is 42.7 Å². The summed E-state index contributed by atoms with van der Waals surface area (Å²) in [4.78, 5) is 14.4. The van der Waals surface area contributed by atoms with Gasteiger partial charge in [-0.1, -0.05) is 6.07 Å². The third-order valence-corrected chi connectivity index (χ3v) is 4.73. The Balaban J connectivity index is 1.49. The number of amides is 1. The lowest BCUT2D eigenvalue weighted by molar-refractivity contribution is 0.0778. The predicted molar refractivity (Wildman–Crippen MR) is 96.5 cm³/mol. The average molecular weight is 351 g/mol. The summed E-state index contributed by atoms with van der Waals surface area (Å²) in [6.07, 6.45) is 6.69. The molecule has 3 aromatic rings. The molecule has 0 saturated carbocycles. The van der Waals surface area contributed by atoms with Crippen LogP contribution in [0.4, 0.5) is 0 Å². The Kier molecular flexibility index (Phi) is 4.20. The number of carbonyl (C=O) groups is 1. The molecule has 0 saturated heterocycles. The molecule has 0 atom stereocenters. The largest absolute Gasteiger partial charge is 0.497 e. The molecule has 7 heteroatoms. The first kappa shape index (κ1) is 16.4. The van der Waals surface area contributed by atoms with Crippen molar-refractivity contribution >= 4 is 5.91 Å². The van der Waals surface area contributed by atoms with Gasteiger partial charge in [-0.05, 0) is 31.4 Å². The van der Waals surface area contributed by atoms with Gasteiger partial charge in [-0.25, -0.2) is 4.68 Å². The van der Waals surface area contributed by atoms with Crippen LogP contribution in [0.3, 0.4) is 0 Å². The van der Waals surface area contributed by atoms with Gasteiger partial charge in [-0.15, -0.1) is 0 Å². The van der Waals surface area contributed by atoms with Gasteiger partial charge in [0.2, 0.25) is 0 Å². The van der Waals surface area contributed by atoms with Crippen molar-refractivity contribution in [1.82, 2.24) is 24.9 Å². The van der Waals surface area contributed by atoms with Crippen molar-refractivity contribution in [3.05, 3.63) is 59.2 Å². The average Bonchev–Trinajstić information content (AvgIpc) is 3.38. The molecule has 1 aromatic carbocycles. The maximum Gasteiger partial charge on any atom is 0.274 e. The molecule has 134 valence electrons. The summed E-state index contributed by atoms with van der Waals surface area (Å²) >= 11 is 0. The van der Waals surface area contributed by atoms with Crippen LogP contribution < -0.4 is 4.74 Å². The smallest absolute Gasteiger partial charge is 0.274 e. The van der Waals surface area contributed by atoms with Crippen LogP contribution in [0.5, 0.6) is 5.75 Å². The van der Waals surface area contributed by atoms with E-state index in [0.717, 1.165) is 47.5 Å². The van der Waals surface area contributed by atoms with E-state index < -0.39 is 0 Å². The first-order valence-electron chi connectivity index (χ1n) is 8.65. The highest BCUT2D eigenvalue weighted by molar-refractivity contribution is 5.94. The van der Waals surface area contributed by atoms with Crippen LogP contribution in [0, 0.1) is 0 Å². The van der Waals surface area contributed by atoms with Crippen molar-refractivity contribution in [2.24, 2.45) is 0 Å². The fourth-order valence-corrected chi connectivity index (χ4v) is 3.36. The molecule has 1 N–H and O–H groups in total. The predicted octanol–water partition coefficient (Wildman–Crippen LogP) is 2.36. The van der Waals surface area contributed by atoms with Gasteiger partial charge >= 0.3 is 0 Å². The van der Waals surface area contributed by atoms with Gasteiger partial charge < -0.3 is 9.64 Å². The Labute approximate surface area is 151 Å². The summed E-state index contributed by atoms with van der Waals surface area (Å²) < 4.78 is 7.03. The number of carbonyl (C=O) groups excluding carboxylic acids is 1. The second kappa shape index (κ2) is 6.67. The highest BCUT2D eigenvalue weighted by Crippen LogP contribution is 2.24. The number of nitrogens with zero attached hydrogens (tertiary/aromatic N) is 4. The zero-order valence-electron chi connectivity index (χ0n) is 14.9. The summed E-state index contributed by atoms with van der Waals surface area (Å²) in [5.74, 6) is 0.720. The molecule has 0 bridgehead atoms. The van der Waals surface area contributed by atoms with Crippen LogP contribution in [0.2, 0.25) is 0 Å². The molecule has 0 radical (unpaired) electrons. The molecule has 0 unspecified atom stereocenters. The summed E-state index contributed by atoms with van der Waals surface area (Å²) in [5.41, 5.74) is 4.60. The van der Waals surface area contributed by atoms with Crippen LogP contribution >= 0.6 is 0 Å². The molecule has 0 fully saturated rings. The number of hydrogen-bond acceptors (Lipinski definition) is 4. The number of rotatable bonds is 5. The second-order valence-corrected chi connectivity index (χ2v) is 6.54. The zero-order chi connectivity index (χ0) is 18.1. The van der Waals surface area contributed by atoms with Crippen molar-refractivity contribution in [2.45, 2.75) is 25.8 Å². The Morgan fingerprint density at radius 1 is 1.38 bits per heavy atom. The fourth-order valence-electron chi connectivity index (χ4n) is 3.36. The fraction of sp³-hybridized carbons (Fsp3) is 0.316. The van der Waals surface area contributed by atoms with Crippen LogP contribution in [-0.4, -0.2) is 44.9 Å². The molecule has 7 nitrogen and oxygen atoms in total. The number of aromatic amines is 1. The van der Waals surface area contributed by atoms with Crippen molar-refractivity contribution < 1.29 is 9.53 Å². The van der Waals surface area contributed by atoms with Crippen LogP contribution in [0.25, 0.3) is 5.69 Å². The van der Waals surface area contributed by atoms with Gasteiger partial charge in [0.15, 0.2) is 5.69 Å². The molecule has 4 rings (SSSR count). The Morgan fingerprint density at radius 2 is 2.27 bits per heavy atom. The van der Waals surface area contributed by atoms with Crippen molar-refractivity contribution in [2.75, 3.05) is 14.2 Å². The van der Waals surface area contributed by atoms with Gasteiger partial charge in [0.1, 0.15) is 5.75 Å². The number of nitrogens with one attached hydrogen (secondary N) is 1. The van der Waals surface area contributed by atoms with Gasteiger partial charge in [-0.2, -0.15) is 10.2 Å². The topological polar surface area (TPSA) is 76.0 Å². The van der Waals surface area contributed by atoms with Crippen molar-refractivity contribution in [3.8, 4) is 11.4 Å². The monoisotopic (exact) mass is 351 g/mol. The number of ether oxygens (including phenoxy) is 1. The molecular formula is C19H21N5O2. The van der Waals surface area contributed by atoms with Crippen molar-refractivity contribution in [3.63, 3.8) is 0 Å². The number of aryl methyl sites for hydroxylation is 1. The third kappa shape index (κ3) is 2.96. The number of aromatic nitrogens is 4. The first-order valence-corrected chi connectivity index (χ1v) is 8.65. The Hall–Kier alpha value is -3.09. The SMILES string of the molecule is COc1cccc(-n2cc(CN(C)C(=O)c3n[nH]c4c3CCC4)cn2)c1. The zero-order valence-corrected chi connectivity index (χ0v) is 14.9. The highest BCUT2D eigenvalue weighted by Gasteiger charge is 2.25. The lowest BCUT2D eigenvalue weighted by atomic mass is 10.2. The number of benzene rings is 1. The lowest BCUT2D eigenvalue weighted by Gasteiger charge is -2.15. The summed E-state index contributed by atoms with van der Waals surface area (Å²) in [6.45, 7) is 0.477. The number of fused-ring (bicyclic) bond motifs is 1. The van der Waals surface area contributed by atoms with Gasteiger partial charge in [-0.3, -0.25) is 9.89 Å². The molecule has 26 heavy (non-hydrogen) atoms. The molecule has 1 aliphatic carbocycles. The minimum absolute atomic E-state index is 0.0569. The van der Waals surface area contributed by atoms with E-state index >= 15 is 0 Å². The molecule has 0 spiro atoms. The van der Waals surface area contributed by atoms with E-state index in [1.807, 2.05) is 30.5 Å². The minimum Gasteiger partial charge on any atom is -0.497 e. The molecule has 2 heterocycles. The quantitative estimate of drug-likeness (QED) is 0.766. The third-order valence-electron chi connectivity index (χ3n) is 4.73. The molecule has 1 amide bonds. The van der Waals surface area contributed by atoms with Gasteiger partial charge in [0.05, 0.1) is 19.0 Å². The van der Waals surface area contributed by atoms with E-state index in [0.29, 0.717) is 12.2 Å². The van der Waals surface area contributed by atoms with E-state index in [4.69, 9.17) is 4.74 Å². The second-order valence-electron chi connectivity index (χ2n) is 6.54. The maximum absolute atomic E-state index is 12.7. The first-order chi connectivity index (χ1) is 12.7. The molecule has 1 aliphatic rings. The molecule has 0 aliphatic heterocycles. The normalized spacial score (nSPS) is 12.8. The summed E-state index contributed by atoms with van der Waals surface area (Å²) in [6, 6.07) is 7.69. The van der Waals surface area contributed by atoms with E-state index in [1.54, 1.807) is 29.9 Å². The standard InChI is InChI=1S/C19H21N5O2/c1-23(19(25)18-16-7-4-8-17(16)21-22-18)11-13-10-20-24(12-13)14-5-3-6-15(9-14)26-2/h3,5-6,9-10,12H,4,7-8,11H2,1-2H3,(H,21,22).